The molecule has 1 aromatic carbocycles. The second-order valence-corrected chi connectivity index (χ2v) is 6.04. The first kappa shape index (κ1) is 14.2. The van der Waals surface area contributed by atoms with Crippen LogP contribution >= 0.6 is 0 Å². The van der Waals surface area contributed by atoms with Crippen LogP contribution in [0.5, 0.6) is 0 Å². The molecule has 0 aromatic heterocycles. The molecule has 0 radical (unpaired) electrons. The Kier molecular flexibility index (Phi) is 4.02. The largest absolute Gasteiger partial charge is 0.293 e. The van der Waals surface area contributed by atoms with E-state index in [1.807, 2.05) is 0 Å². The highest BCUT2D eigenvalue weighted by atomic mass is 19.1. The molecule has 3 heteroatoms. The first-order valence-electron chi connectivity index (χ1n) is 6.94. The Balaban J connectivity index is 2.37. The van der Waals surface area contributed by atoms with Gasteiger partial charge in [-0.3, -0.25) is 4.79 Å². The van der Waals surface area contributed by atoms with Crippen LogP contribution in [0.1, 0.15) is 56.3 Å². The molecule has 1 aliphatic carbocycles. The van der Waals surface area contributed by atoms with E-state index in [9.17, 15) is 13.6 Å². The average molecular weight is 266 g/mol. The summed E-state index contributed by atoms with van der Waals surface area (Å²) in [4.78, 5) is 12.7. The smallest absolute Gasteiger partial charge is 0.172 e. The summed E-state index contributed by atoms with van der Waals surface area (Å²) in [5, 5.41) is 0. The molecule has 104 valence electrons. The fourth-order valence-corrected chi connectivity index (χ4v) is 3.31. The Morgan fingerprint density at radius 2 is 1.89 bits per heavy atom. The highest BCUT2D eigenvalue weighted by Crippen LogP contribution is 2.45. The number of ketones is 1. The van der Waals surface area contributed by atoms with E-state index in [1.54, 1.807) is 0 Å². The number of benzene rings is 1. The zero-order chi connectivity index (χ0) is 14.0. The van der Waals surface area contributed by atoms with Crippen molar-refractivity contribution in [2.24, 2.45) is 11.3 Å². The molecule has 1 aliphatic rings. The first-order valence-corrected chi connectivity index (χ1v) is 6.94. The lowest BCUT2D eigenvalue weighted by Crippen LogP contribution is -2.30. The van der Waals surface area contributed by atoms with E-state index in [0.29, 0.717) is 5.92 Å². The van der Waals surface area contributed by atoms with Crippen LogP contribution in [-0.2, 0) is 0 Å². The van der Waals surface area contributed by atoms with Crippen molar-refractivity contribution in [1.82, 2.24) is 0 Å². The van der Waals surface area contributed by atoms with E-state index in [-0.39, 0.29) is 11.3 Å². The van der Waals surface area contributed by atoms with Crippen molar-refractivity contribution in [2.75, 3.05) is 0 Å². The fourth-order valence-electron chi connectivity index (χ4n) is 3.31. The summed E-state index contributed by atoms with van der Waals surface area (Å²) in [6, 6.07) is 3.13. The van der Waals surface area contributed by atoms with Gasteiger partial charge in [0.15, 0.2) is 5.78 Å². The van der Waals surface area contributed by atoms with Crippen molar-refractivity contribution < 1.29 is 13.6 Å². The van der Waals surface area contributed by atoms with Crippen LogP contribution in [0.3, 0.4) is 0 Å². The monoisotopic (exact) mass is 266 g/mol. The molecule has 0 unspecified atom stereocenters. The van der Waals surface area contributed by atoms with Gasteiger partial charge in [-0.25, -0.2) is 8.78 Å². The maximum Gasteiger partial charge on any atom is 0.172 e. The summed E-state index contributed by atoms with van der Waals surface area (Å²) in [7, 11) is 0. The van der Waals surface area contributed by atoms with Crippen LogP contribution in [0.25, 0.3) is 0 Å². The van der Waals surface area contributed by atoms with Gasteiger partial charge in [0.2, 0.25) is 0 Å². The SMILES string of the molecule is CC(C)CC1(C(=O)c2cc(F)ccc2F)CCCC1. The van der Waals surface area contributed by atoms with Crippen molar-refractivity contribution in [3.63, 3.8) is 0 Å². The maximum absolute atomic E-state index is 13.8. The summed E-state index contributed by atoms with van der Waals surface area (Å²) >= 11 is 0. The lowest BCUT2D eigenvalue weighted by Gasteiger charge is -2.29. The molecule has 0 spiro atoms. The molecule has 0 atom stereocenters. The minimum atomic E-state index is -0.610. The van der Waals surface area contributed by atoms with E-state index in [0.717, 1.165) is 50.3 Å². The first-order chi connectivity index (χ1) is 8.94. The van der Waals surface area contributed by atoms with Gasteiger partial charge in [0.05, 0.1) is 5.56 Å². The summed E-state index contributed by atoms with van der Waals surface area (Å²) in [6.45, 7) is 4.13. The summed E-state index contributed by atoms with van der Waals surface area (Å²) < 4.78 is 27.1. The molecule has 0 aliphatic heterocycles. The number of rotatable bonds is 4. The molecule has 0 heterocycles. The molecule has 0 N–H and O–H groups in total. The maximum atomic E-state index is 13.8. The lowest BCUT2D eigenvalue weighted by molar-refractivity contribution is 0.0754. The average Bonchev–Trinajstić information content (AvgIpc) is 2.80. The molecule has 1 aromatic rings. The summed E-state index contributed by atoms with van der Waals surface area (Å²) in [5.74, 6) is -1.00. The second-order valence-electron chi connectivity index (χ2n) is 6.04. The van der Waals surface area contributed by atoms with Gasteiger partial charge >= 0.3 is 0 Å². The van der Waals surface area contributed by atoms with Gasteiger partial charge in [0.25, 0.3) is 0 Å². The van der Waals surface area contributed by atoms with Crippen LogP contribution < -0.4 is 0 Å². The number of hydrogen-bond acceptors (Lipinski definition) is 1. The standard InChI is InChI=1S/C16H20F2O/c1-11(2)10-16(7-3-4-8-16)15(19)13-9-12(17)5-6-14(13)18/h5-6,9,11H,3-4,7-8,10H2,1-2H3. The van der Waals surface area contributed by atoms with Crippen LogP contribution in [0, 0.1) is 23.0 Å². The van der Waals surface area contributed by atoms with E-state index < -0.39 is 17.0 Å². The van der Waals surface area contributed by atoms with E-state index in [1.165, 1.54) is 0 Å². The predicted molar refractivity (Wildman–Crippen MR) is 71.0 cm³/mol. The highest BCUT2D eigenvalue weighted by Gasteiger charge is 2.42. The lowest BCUT2D eigenvalue weighted by atomic mass is 9.73. The van der Waals surface area contributed by atoms with Crippen molar-refractivity contribution in [3.05, 3.63) is 35.4 Å². The predicted octanol–water partition coefficient (Wildman–Crippen LogP) is 4.75. The van der Waals surface area contributed by atoms with Crippen LogP contribution in [0.2, 0.25) is 0 Å². The minimum absolute atomic E-state index is 0.0810. The Hall–Kier alpha value is -1.25. The van der Waals surface area contributed by atoms with Gasteiger partial charge < -0.3 is 0 Å². The molecule has 1 saturated carbocycles. The molecule has 1 fully saturated rings. The van der Waals surface area contributed by atoms with E-state index in [2.05, 4.69) is 13.8 Å². The van der Waals surface area contributed by atoms with E-state index >= 15 is 0 Å². The van der Waals surface area contributed by atoms with Crippen molar-refractivity contribution in [1.29, 1.82) is 0 Å². The number of hydrogen-bond donors (Lipinski definition) is 0. The van der Waals surface area contributed by atoms with Gasteiger partial charge in [-0.05, 0) is 43.4 Å². The van der Waals surface area contributed by atoms with Crippen LogP contribution in [-0.4, -0.2) is 5.78 Å². The van der Waals surface area contributed by atoms with Gasteiger partial charge in [-0.2, -0.15) is 0 Å². The third-order valence-electron chi connectivity index (χ3n) is 4.01. The van der Waals surface area contributed by atoms with Gasteiger partial charge in [-0.15, -0.1) is 0 Å². The Labute approximate surface area is 113 Å². The highest BCUT2D eigenvalue weighted by molar-refractivity contribution is 6.01. The van der Waals surface area contributed by atoms with Gasteiger partial charge in [0, 0.05) is 5.41 Å². The Bertz CT molecular complexity index is 474. The quantitative estimate of drug-likeness (QED) is 0.718. The molecule has 1 nitrogen and oxygen atoms in total. The van der Waals surface area contributed by atoms with Crippen molar-refractivity contribution >= 4 is 5.78 Å². The van der Waals surface area contributed by atoms with Crippen LogP contribution in [0.15, 0.2) is 18.2 Å². The third kappa shape index (κ3) is 2.85. The second kappa shape index (κ2) is 5.40. The molecule has 2 rings (SSSR count). The zero-order valence-corrected chi connectivity index (χ0v) is 11.5. The minimum Gasteiger partial charge on any atom is -0.293 e. The molecule has 0 amide bonds. The molecule has 19 heavy (non-hydrogen) atoms. The molecule has 0 bridgehead atoms. The van der Waals surface area contributed by atoms with E-state index in [4.69, 9.17) is 0 Å². The normalized spacial score (nSPS) is 17.9. The van der Waals surface area contributed by atoms with Crippen LogP contribution in [0.4, 0.5) is 8.78 Å². The number of Topliss-reactive ketones (excluding diaryl/α,β-unsaturated/α-hetero) is 1. The Morgan fingerprint density at radius 1 is 1.26 bits per heavy atom. The Morgan fingerprint density at radius 3 is 2.47 bits per heavy atom. The summed E-state index contributed by atoms with van der Waals surface area (Å²) in [6.07, 6.45) is 4.33. The third-order valence-corrected chi connectivity index (χ3v) is 4.01. The topological polar surface area (TPSA) is 17.1 Å². The summed E-state index contributed by atoms with van der Waals surface area (Å²) in [5.41, 5.74) is -0.564. The van der Waals surface area contributed by atoms with Crippen molar-refractivity contribution in [3.8, 4) is 0 Å². The fraction of sp³-hybridized carbons (Fsp3) is 0.562. The number of halogens is 2. The zero-order valence-electron chi connectivity index (χ0n) is 11.5. The number of carbonyl (C=O) groups is 1. The molecular formula is C16H20F2O. The number of carbonyl (C=O) groups excluding carboxylic acids is 1. The van der Waals surface area contributed by atoms with Gasteiger partial charge in [0.1, 0.15) is 11.6 Å². The molecular weight excluding hydrogens is 246 g/mol. The van der Waals surface area contributed by atoms with Crippen molar-refractivity contribution in [2.45, 2.75) is 46.0 Å². The molecule has 0 saturated heterocycles. The van der Waals surface area contributed by atoms with Gasteiger partial charge in [-0.1, -0.05) is 26.7 Å².